The predicted octanol–water partition coefficient (Wildman–Crippen LogP) is 1.57. The van der Waals surface area contributed by atoms with Crippen LogP contribution in [-0.4, -0.2) is 46.1 Å². The number of nitrogens with zero attached hydrogens (tertiary/aromatic N) is 4. The van der Waals surface area contributed by atoms with Crippen LogP contribution >= 0.6 is 11.3 Å². The molecule has 112 valence electrons. The molecule has 1 aliphatic rings. The molecule has 1 aliphatic heterocycles. The fourth-order valence-electron chi connectivity index (χ4n) is 2.73. The fourth-order valence-corrected chi connectivity index (χ4v) is 3.56. The summed E-state index contributed by atoms with van der Waals surface area (Å²) in [6.45, 7) is 3.10. The summed E-state index contributed by atoms with van der Waals surface area (Å²) in [5, 5.41) is 8.31. The lowest BCUT2D eigenvalue weighted by Crippen LogP contribution is -2.42. The molecule has 1 atom stereocenters. The van der Waals surface area contributed by atoms with Crippen molar-refractivity contribution in [1.82, 2.24) is 19.9 Å². The Hall–Kier alpha value is -1.73. The van der Waals surface area contributed by atoms with Crippen LogP contribution in [0.4, 0.5) is 0 Å². The third kappa shape index (κ3) is 2.47. The van der Waals surface area contributed by atoms with E-state index in [-0.39, 0.29) is 11.9 Å². The third-order valence-corrected chi connectivity index (χ3v) is 4.78. The highest BCUT2D eigenvalue weighted by molar-refractivity contribution is 7.13. The average molecular weight is 306 g/mol. The van der Waals surface area contributed by atoms with Gasteiger partial charge in [-0.15, -0.1) is 16.4 Å². The number of aromatic nitrogens is 3. The van der Waals surface area contributed by atoms with Gasteiger partial charge in [0.1, 0.15) is 11.7 Å². The first kappa shape index (κ1) is 14.2. The van der Waals surface area contributed by atoms with Crippen LogP contribution in [0.3, 0.4) is 0 Å². The Bertz CT molecular complexity index is 664. The highest BCUT2D eigenvalue weighted by Gasteiger charge is 2.35. The first-order valence-electron chi connectivity index (χ1n) is 6.86. The largest absolute Gasteiger partial charge is 0.382 e. The number of hydrogen-bond acceptors (Lipinski definition) is 5. The quantitative estimate of drug-likeness (QED) is 0.863. The van der Waals surface area contributed by atoms with Crippen molar-refractivity contribution < 1.29 is 9.53 Å². The molecule has 3 heterocycles. The van der Waals surface area contributed by atoms with Crippen molar-refractivity contribution in [1.29, 1.82) is 0 Å². The molecule has 0 aromatic carbocycles. The van der Waals surface area contributed by atoms with Gasteiger partial charge in [-0.3, -0.25) is 9.48 Å². The van der Waals surface area contributed by atoms with E-state index >= 15 is 0 Å². The maximum absolute atomic E-state index is 12.7. The number of hydrogen-bond donors (Lipinski definition) is 0. The molecule has 0 aliphatic carbocycles. The van der Waals surface area contributed by atoms with E-state index in [2.05, 4.69) is 10.3 Å². The Labute approximate surface area is 127 Å². The van der Waals surface area contributed by atoms with Crippen molar-refractivity contribution in [3.05, 3.63) is 33.3 Å². The summed E-state index contributed by atoms with van der Waals surface area (Å²) in [5.74, 6) is 0.0476. The predicted molar refractivity (Wildman–Crippen MR) is 79.4 cm³/mol. The number of amides is 1. The Morgan fingerprint density at radius 2 is 2.33 bits per heavy atom. The van der Waals surface area contributed by atoms with Crippen molar-refractivity contribution in [2.45, 2.75) is 19.4 Å². The maximum Gasteiger partial charge on any atom is 0.264 e. The zero-order valence-electron chi connectivity index (χ0n) is 12.4. The highest BCUT2D eigenvalue weighted by atomic mass is 32.1. The second-order valence-corrected chi connectivity index (χ2v) is 6.46. The molecule has 2 aromatic rings. The van der Waals surface area contributed by atoms with Gasteiger partial charge < -0.3 is 9.64 Å². The molecular formula is C14H18N4O2S. The molecule has 2 aromatic heterocycles. The number of fused-ring (bicyclic) bond motifs is 1. The molecule has 0 saturated heterocycles. The van der Waals surface area contributed by atoms with E-state index in [9.17, 15) is 4.79 Å². The third-order valence-electron chi connectivity index (χ3n) is 3.79. The summed E-state index contributed by atoms with van der Waals surface area (Å²) in [6, 6.07) is 3.70. The monoisotopic (exact) mass is 306 g/mol. The number of ether oxygens (including phenoxy) is 1. The smallest absolute Gasteiger partial charge is 0.264 e. The normalized spacial score (nSPS) is 17.9. The minimum absolute atomic E-state index is 0.0476. The van der Waals surface area contributed by atoms with E-state index in [1.807, 2.05) is 31.0 Å². The zero-order valence-corrected chi connectivity index (χ0v) is 13.2. The summed E-state index contributed by atoms with van der Waals surface area (Å²) < 4.78 is 7.09. The first-order valence-corrected chi connectivity index (χ1v) is 7.68. The van der Waals surface area contributed by atoms with Gasteiger partial charge in [-0.1, -0.05) is 5.21 Å². The van der Waals surface area contributed by atoms with Gasteiger partial charge in [0, 0.05) is 32.0 Å². The van der Waals surface area contributed by atoms with Gasteiger partial charge in [0.05, 0.1) is 17.2 Å². The topological polar surface area (TPSA) is 60.3 Å². The number of thiophene rings is 1. The lowest BCUT2D eigenvalue weighted by molar-refractivity contribution is 0.0495. The highest BCUT2D eigenvalue weighted by Crippen LogP contribution is 2.30. The molecule has 0 spiro atoms. The summed E-state index contributed by atoms with van der Waals surface area (Å²) in [7, 11) is 3.53. The van der Waals surface area contributed by atoms with Gasteiger partial charge in [0.25, 0.3) is 5.91 Å². The molecule has 0 saturated carbocycles. The van der Waals surface area contributed by atoms with Crippen molar-refractivity contribution >= 4 is 17.2 Å². The van der Waals surface area contributed by atoms with Gasteiger partial charge >= 0.3 is 0 Å². The number of carbonyl (C=O) groups is 1. The molecule has 0 radical (unpaired) electrons. The Morgan fingerprint density at radius 1 is 1.52 bits per heavy atom. The van der Waals surface area contributed by atoms with Crippen LogP contribution in [0, 0.1) is 6.92 Å². The molecule has 6 nitrogen and oxygen atoms in total. The Morgan fingerprint density at radius 3 is 3.00 bits per heavy atom. The van der Waals surface area contributed by atoms with Crippen molar-refractivity contribution in [3.63, 3.8) is 0 Å². The van der Waals surface area contributed by atoms with Crippen LogP contribution in [-0.2, 0) is 18.2 Å². The first-order chi connectivity index (χ1) is 10.1. The minimum atomic E-state index is -0.164. The average Bonchev–Trinajstić information content (AvgIpc) is 3.06. The Balaban J connectivity index is 1.93. The number of aryl methyl sites for hydroxylation is 2. The molecule has 0 unspecified atom stereocenters. The van der Waals surface area contributed by atoms with Crippen LogP contribution < -0.4 is 0 Å². The van der Waals surface area contributed by atoms with Crippen LogP contribution in [0.15, 0.2) is 12.1 Å². The lowest BCUT2D eigenvalue weighted by Gasteiger charge is -2.34. The molecule has 3 rings (SSSR count). The van der Waals surface area contributed by atoms with Crippen LogP contribution in [0.1, 0.15) is 32.0 Å². The van der Waals surface area contributed by atoms with E-state index in [0.717, 1.165) is 27.6 Å². The van der Waals surface area contributed by atoms with Crippen LogP contribution in [0.5, 0.6) is 0 Å². The van der Waals surface area contributed by atoms with Gasteiger partial charge in [-0.25, -0.2) is 0 Å². The van der Waals surface area contributed by atoms with E-state index in [1.165, 1.54) is 11.3 Å². The van der Waals surface area contributed by atoms with E-state index < -0.39 is 0 Å². The molecule has 1 amide bonds. The second-order valence-electron chi connectivity index (χ2n) is 5.17. The molecular weight excluding hydrogens is 288 g/mol. The van der Waals surface area contributed by atoms with Crippen molar-refractivity contribution in [3.8, 4) is 0 Å². The number of rotatable bonds is 3. The maximum atomic E-state index is 12.7. The molecule has 21 heavy (non-hydrogen) atoms. The van der Waals surface area contributed by atoms with Gasteiger partial charge in [-0.05, 0) is 19.1 Å². The SMILES string of the molecule is COC[C@H]1c2nnn(C)c2CCN1C(=O)c1ccc(C)s1. The molecule has 0 fully saturated rings. The number of carbonyl (C=O) groups excluding carboxylic acids is 1. The van der Waals surface area contributed by atoms with Gasteiger partial charge in [-0.2, -0.15) is 0 Å². The summed E-state index contributed by atoms with van der Waals surface area (Å²) in [4.78, 5) is 16.5. The molecule has 0 bridgehead atoms. The lowest BCUT2D eigenvalue weighted by atomic mass is 10.0. The minimum Gasteiger partial charge on any atom is -0.382 e. The molecule has 7 heteroatoms. The standard InChI is InChI=1S/C14H18N4O2S/c1-9-4-5-12(21-9)14(19)18-7-6-10-13(11(18)8-20-3)15-16-17(10)2/h4-5,11H,6-8H2,1-3H3/t11-/m0/s1. The summed E-state index contributed by atoms with van der Waals surface area (Å²) >= 11 is 1.52. The van der Waals surface area contributed by atoms with Crippen LogP contribution in [0.2, 0.25) is 0 Å². The van der Waals surface area contributed by atoms with Crippen molar-refractivity contribution in [2.75, 3.05) is 20.3 Å². The second kappa shape index (κ2) is 5.57. The number of methoxy groups -OCH3 is 1. The fraction of sp³-hybridized carbons (Fsp3) is 0.500. The van der Waals surface area contributed by atoms with Gasteiger partial charge in [0.2, 0.25) is 0 Å². The van der Waals surface area contributed by atoms with Gasteiger partial charge in [0.15, 0.2) is 0 Å². The van der Waals surface area contributed by atoms with Crippen LogP contribution in [0.25, 0.3) is 0 Å². The van der Waals surface area contributed by atoms with Crippen molar-refractivity contribution in [2.24, 2.45) is 7.05 Å². The summed E-state index contributed by atoms with van der Waals surface area (Å²) in [5.41, 5.74) is 1.94. The van der Waals surface area contributed by atoms with E-state index in [4.69, 9.17) is 4.74 Å². The summed E-state index contributed by atoms with van der Waals surface area (Å²) in [6.07, 6.45) is 0.773. The van der Waals surface area contributed by atoms with E-state index in [0.29, 0.717) is 13.2 Å². The zero-order chi connectivity index (χ0) is 15.0. The molecule has 0 N–H and O–H groups in total. The Kier molecular flexibility index (Phi) is 3.77. The van der Waals surface area contributed by atoms with E-state index in [1.54, 1.807) is 11.8 Å².